The largest absolute Gasteiger partial charge is 0.488 e. The van der Waals surface area contributed by atoms with Gasteiger partial charge in [-0.15, -0.1) is 11.3 Å². The zero-order valence-corrected chi connectivity index (χ0v) is 20.9. The number of nitrogens with zero attached hydrogens (tertiary/aromatic N) is 2. The number of hydrogen-bond acceptors (Lipinski definition) is 7. The van der Waals surface area contributed by atoms with Gasteiger partial charge >= 0.3 is 0 Å². The van der Waals surface area contributed by atoms with Crippen LogP contribution in [0, 0.1) is 5.82 Å². The smallest absolute Gasteiger partial charge is 0.253 e. The van der Waals surface area contributed by atoms with Crippen LogP contribution in [0.2, 0.25) is 0 Å². The SMILES string of the molecule is COC[C@H](C)Oc1cc(Oc2ccc(C(=O)N(C)C)cc2F)cc(C2=CCC(c3nccs3)N2)c1. The fourth-order valence-electron chi connectivity index (χ4n) is 3.77. The van der Waals surface area contributed by atoms with E-state index in [0.717, 1.165) is 22.7 Å². The van der Waals surface area contributed by atoms with Gasteiger partial charge in [-0.05, 0) is 43.7 Å². The Hall–Kier alpha value is -3.43. The lowest BCUT2D eigenvalue weighted by atomic mass is 10.1. The molecule has 1 aromatic heterocycles. The van der Waals surface area contributed by atoms with E-state index in [9.17, 15) is 9.18 Å². The van der Waals surface area contributed by atoms with Crippen molar-refractivity contribution in [1.82, 2.24) is 15.2 Å². The molecule has 0 radical (unpaired) electrons. The van der Waals surface area contributed by atoms with E-state index in [1.54, 1.807) is 50.9 Å². The standard InChI is InChI=1S/C26H28FN3O4S/c1-16(15-32-4)33-19-11-18(22-6-7-23(29-22)25-28-9-10-35-25)12-20(14-19)34-24-8-5-17(13-21(24)27)26(31)30(2)3/h5-6,8-14,16,23,29H,7,15H2,1-4H3/t16-,23?/m0/s1. The third-order valence-electron chi connectivity index (χ3n) is 5.38. The van der Waals surface area contributed by atoms with Crippen LogP contribution in [0.1, 0.15) is 40.3 Å². The summed E-state index contributed by atoms with van der Waals surface area (Å²) in [4.78, 5) is 17.9. The quantitative estimate of drug-likeness (QED) is 0.435. The summed E-state index contributed by atoms with van der Waals surface area (Å²) in [6.45, 7) is 2.33. The highest BCUT2D eigenvalue weighted by atomic mass is 32.1. The molecule has 1 aliphatic heterocycles. The van der Waals surface area contributed by atoms with Crippen LogP contribution < -0.4 is 14.8 Å². The number of aromatic nitrogens is 1. The van der Waals surface area contributed by atoms with Gasteiger partial charge in [-0.25, -0.2) is 9.37 Å². The molecule has 0 saturated carbocycles. The average molecular weight is 498 g/mol. The summed E-state index contributed by atoms with van der Waals surface area (Å²) in [6, 6.07) is 9.74. The van der Waals surface area contributed by atoms with Gasteiger partial charge in [-0.1, -0.05) is 6.08 Å². The third kappa shape index (κ3) is 5.98. The lowest BCUT2D eigenvalue weighted by Crippen LogP contribution is -2.21. The van der Waals surface area contributed by atoms with E-state index in [1.807, 2.05) is 24.4 Å². The number of carbonyl (C=O) groups is 1. The summed E-state index contributed by atoms with van der Waals surface area (Å²) in [6.07, 6.45) is 4.52. The number of rotatable bonds is 9. The highest BCUT2D eigenvalue weighted by Crippen LogP contribution is 2.35. The topological polar surface area (TPSA) is 72.9 Å². The maximum atomic E-state index is 14.8. The van der Waals surface area contributed by atoms with E-state index < -0.39 is 5.82 Å². The molecule has 3 aromatic rings. The van der Waals surface area contributed by atoms with Crippen molar-refractivity contribution in [3.63, 3.8) is 0 Å². The minimum atomic E-state index is -0.625. The minimum absolute atomic E-state index is 0.0161. The van der Waals surface area contributed by atoms with Crippen LogP contribution in [0.3, 0.4) is 0 Å². The van der Waals surface area contributed by atoms with Crippen molar-refractivity contribution >= 4 is 22.9 Å². The van der Waals surface area contributed by atoms with Crippen LogP contribution in [-0.4, -0.2) is 49.7 Å². The molecule has 0 fully saturated rings. The van der Waals surface area contributed by atoms with Gasteiger partial charge in [0.2, 0.25) is 0 Å². The first kappa shape index (κ1) is 24.7. The van der Waals surface area contributed by atoms with Gasteiger partial charge in [0.25, 0.3) is 5.91 Å². The highest BCUT2D eigenvalue weighted by Gasteiger charge is 2.22. The van der Waals surface area contributed by atoms with Crippen molar-refractivity contribution in [2.45, 2.75) is 25.5 Å². The first-order chi connectivity index (χ1) is 16.8. The minimum Gasteiger partial charge on any atom is -0.488 e. The number of nitrogens with one attached hydrogen (secondary N) is 1. The van der Waals surface area contributed by atoms with E-state index >= 15 is 0 Å². The van der Waals surface area contributed by atoms with E-state index in [-0.39, 0.29) is 29.4 Å². The van der Waals surface area contributed by atoms with Gasteiger partial charge < -0.3 is 24.4 Å². The molecule has 0 aliphatic carbocycles. The molecule has 2 atom stereocenters. The summed E-state index contributed by atoms with van der Waals surface area (Å²) < 4.78 is 31.9. The number of benzene rings is 2. The number of methoxy groups -OCH3 is 1. The zero-order valence-electron chi connectivity index (χ0n) is 20.1. The molecule has 1 N–H and O–H groups in total. The maximum Gasteiger partial charge on any atom is 0.253 e. The number of hydrogen-bond donors (Lipinski definition) is 1. The Balaban J connectivity index is 1.60. The van der Waals surface area contributed by atoms with Crippen LogP contribution in [0.15, 0.2) is 54.1 Å². The fraction of sp³-hybridized carbons (Fsp3) is 0.308. The number of ether oxygens (including phenoxy) is 3. The summed E-state index contributed by atoms with van der Waals surface area (Å²) in [5.41, 5.74) is 2.02. The van der Waals surface area contributed by atoms with E-state index in [1.165, 1.54) is 17.0 Å². The third-order valence-corrected chi connectivity index (χ3v) is 6.27. The Morgan fingerprint density at radius 1 is 1.26 bits per heavy atom. The Morgan fingerprint density at radius 2 is 2.06 bits per heavy atom. The normalized spacial score (nSPS) is 15.8. The predicted octanol–water partition coefficient (Wildman–Crippen LogP) is 5.27. The van der Waals surface area contributed by atoms with Crippen LogP contribution >= 0.6 is 11.3 Å². The molecular weight excluding hydrogens is 469 g/mol. The van der Waals surface area contributed by atoms with Crippen LogP contribution in [0.5, 0.6) is 17.2 Å². The zero-order chi connectivity index (χ0) is 24.9. The van der Waals surface area contributed by atoms with E-state index in [0.29, 0.717) is 18.1 Å². The van der Waals surface area contributed by atoms with Crippen LogP contribution in [0.25, 0.3) is 5.70 Å². The summed E-state index contributed by atoms with van der Waals surface area (Å²) >= 11 is 1.61. The molecule has 35 heavy (non-hydrogen) atoms. The number of carbonyl (C=O) groups excluding carboxylic acids is 1. The molecule has 2 aromatic carbocycles. The van der Waals surface area contributed by atoms with E-state index in [4.69, 9.17) is 14.2 Å². The van der Waals surface area contributed by atoms with Gasteiger partial charge in [0, 0.05) is 55.7 Å². The molecule has 0 bridgehead atoms. The summed E-state index contributed by atoms with van der Waals surface area (Å²) in [5.74, 6) is 0.0902. The Labute approximate surface area is 208 Å². The van der Waals surface area contributed by atoms with Gasteiger partial charge in [-0.2, -0.15) is 0 Å². The molecule has 1 aliphatic rings. The van der Waals surface area contributed by atoms with Crippen LogP contribution in [0.4, 0.5) is 4.39 Å². The first-order valence-corrected chi connectivity index (χ1v) is 12.1. The Morgan fingerprint density at radius 3 is 2.74 bits per heavy atom. The average Bonchev–Trinajstić information content (AvgIpc) is 3.52. The van der Waals surface area contributed by atoms with Gasteiger partial charge in [0.1, 0.15) is 22.6 Å². The molecule has 4 rings (SSSR count). The molecule has 184 valence electrons. The monoisotopic (exact) mass is 497 g/mol. The summed E-state index contributed by atoms with van der Waals surface area (Å²) in [5, 5.41) is 6.48. The first-order valence-electron chi connectivity index (χ1n) is 11.2. The molecule has 7 nitrogen and oxygen atoms in total. The second-order valence-corrected chi connectivity index (χ2v) is 9.37. The maximum absolute atomic E-state index is 14.8. The van der Waals surface area contributed by atoms with Crippen molar-refractivity contribution in [3.05, 3.63) is 76.0 Å². The van der Waals surface area contributed by atoms with Crippen molar-refractivity contribution in [3.8, 4) is 17.2 Å². The number of halogens is 1. The highest BCUT2D eigenvalue weighted by molar-refractivity contribution is 7.09. The molecular formula is C26H28FN3O4S. The van der Waals surface area contributed by atoms with Crippen molar-refractivity contribution in [2.75, 3.05) is 27.8 Å². The van der Waals surface area contributed by atoms with Crippen LogP contribution in [-0.2, 0) is 4.74 Å². The molecule has 1 amide bonds. The van der Waals surface area contributed by atoms with E-state index in [2.05, 4.69) is 16.4 Å². The van der Waals surface area contributed by atoms with Crippen molar-refractivity contribution in [1.29, 1.82) is 0 Å². The number of thiazole rings is 1. The van der Waals surface area contributed by atoms with Gasteiger partial charge in [0.15, 0.2) is 11.6 Å². The Kier molecular flexibility index (Phi) is 7.67. The van der Waals surface area contributed by atoms with Gasteiger partial charge in [-0.3, -0.25) is 4.79 Å². The molecule has 1 unspecified atom stereocenters. The molecule has 9 heteroatoms. The lowest BCUT2D eigenvalue weighted by molar-refractivity contribution is 0.0827. The second-order valence-electron chi connectivity index (χ2n) is 8.44. The predicted molar refractivity (Wildman–Crippen MR) is 133 cm³/mol. The Bertz CT molecular complexity index is 1210. The molecule has 0 saturated heterocycles. The van der Waals surface area contributed by atoms with Crippen molar-refractivity contribution in [2.24, 2.45) is 0 Å². The summed E-state index contributed by atoms with van der Waals surface area (Å²) in [7, 11) is 4.85. The van der Waals surface area contributed by atoms with Crippen molar-refractivity contribution < 1.29 is 23.4 Å². The molecule has 0 spiro atoms. The molecule has 2 heterocycles. The second kappa shape index (κ2) is 10.9. The lowest BCUT2D eigenvalue weighted by Gasteiger charge is -2.18. The number of amides is 1. The fourth-order valence-corrected chi connectivity index (χ4v) is 4.47. The van der Waals surface area contributed by atoms with Gasteiger partial charge in [0.05, 0.1) is 12.6 Å².